The molecule has 1 amide bonds. The molecule has 0 atom stereocenters. The number of hydrogen-bond donors (Lipinski definition) is 1. The number of nitriles is 1. The van der Waals surface area contributed by atoms with Crippen LogP contribution in [0.4, 0.5) is 23.4 Å². The van der Waals surface area contributed by atoms with Crippen LogP contribution in [0.3, 0.4) is 0 Å². The minimum Gasteiger partial charge on any atom is -0.308 e. The molecule has 0 aliphatic rings. The van der Waals surface area contributed by atoms with Gasteiger partial charge in [-0.2, -0.15) is 28.3 Å². The zero-order valence-corrected chi connectivity index (χ0v) is 14.7. The predicted octanol–water partition coefficient (Wildman–Crippen LogP) is 3.54. The third-order valence-corrected chi connectivity index (χ3v) is 3.93. The molecule has 0 aliphatic heterocycles. The van der Waals surface area contributed by atoms with Gasteiger partial charge in [0, 0.05) is 0 Å². The second-order valence-electron chi connectivity index (χ2n) is 6.11. The Kier molecular flexibility index (Phi) is 5.59. The highest BCUT2D eigenvalue weighted by atomic mass is 19.4. The molecular formula is C19H13F4N5O. The van der Waals surface area contributed by atoms with E-state index in [0.717, 1.165) is 12.1 Å². The number of anilines is 1. The number of amides is 1. The van der Waals surface area contributed by atoms with Crippen molar-refractivity contribution in [1.29, 1.82) is 5.26 Å². The highest BCUT2D eigenvalue weighted by Gasteiger charge is 2.29. The van der Waals surface area contributed by atoms with Crippen molar-refractivity contribution < 1.29 is 22.4 Å². The fourth-order valence-corrected chi connectivity index (χ4v) is 2.53. The molecular weight excluding hydrogens is 390 g/mol. The lowest BCUT2D eigenvalue weighted by atomic mass is 10.1. The minimum absolute atomic E-state index is 0.0709. The van der Waals surface area contributed by atoms with Crippen molar-refractivity contribution in [2.24, 2.45) is 0 Å². The molecule has 29 heavy (non-hydrogen) atoms. The average molecular weight is 403 g/mol. The van der Waals surface area contributed by atoms with E-state index in [9.17, 15) is 22.4 Å². The molecule has 0 bridgehead atoms. The number of carbonyl (C=O) groups is 1. The van der Waals surface area contributed by atoms with Crippen molar-refractivity contribution in [2.75, 3.05) is 5.32 Å². The summed E-state index contributed by atoms with van der Waals surface area (Å²) in [6.45, 7) is 0.122. The lowest BCUT2D eigenvalue weighted by molar-refractivity contribution is -0.137. The summed E-state index contributed by atoms with van der Waals surface area (Å²) in [5, 5.41) is 19.2. The van der Waals surface area contributed by atoms with Gasteiger partial charge in [0.05, 0.1) is 30.3 Å². The topological polar surface area (TPSA) is 83.6 Å². The zero-order valence-electron chi connectivity index (χ0n) is 14.7. The summed E-state index contributed by atoms with van der Waals surface area (Å²) in [5.41, 5.74) is 0.0814. The van der Waals surface area contributed by atoms with Gasteiger partial charge in [0.2, 0.25) is 5.91 Å². The van der Waals surface area contributed by atoms with Gasteiger partial charge >= 0.3 is 6.18 Å². The molecule has 10 heteroatoms. The third kappa shape index (κ3) is 5.16. The summed E-state index contributed by atoms with van der Waals surface area (Å²) < 4.78 is 51.3. The molecule has 1 N–H and O–H groups in total. The first-order chi connectivity index (χ1) is 13.7. The van der Waals surface area contributed by atoms with Crippen LogP contribution in [0.1, 0.15) is 22.3 Å². The van der Waals surface area contributed by atoms with Gasteiger partial charge < -0.3 is 5.32 Å². The van der Waals surface area contributed by atoms with Crippen LogP contribution < -0.4 is 5.32 Å². The van der Waals surface area contributed by atoms with Gasteiger partial charge in [0.15, 0.2) is 5.82 Å². The summed E-state index contributed by atoms with van der Waals surface area (Å²) in [6.07, 6.45) is -3.27. The number of benzene rings is 2. The van der Waals surface area contributed by atoms with Crippen LogP contribution in [0, 0.1) is 17.1 Å². The Morgan fingerprint density at radius 2 is 1.83 bits per heavy atom. The Hall–Kier alpha value is -3.74. The van der Waals surface area contributed by atoms with Crippen LogP contribution in [0.15, 0.2) is 48.7 Å². The number of aromatic nitrogens is 3. The molecule has 0 saturated carbocycles. The fraction of sp³-hybridized carbons (Fsp3) is 0.158. The summed E-state index contributed by atoms with van der Waals surface area (Å²) >= 11 is 0. The van der Waals surface area contributed by atoms with Gasteiger partial charge in [-0.15, -0.1) is 5.10 Å². The minimum atomic E-state index is -4.43. The maximum Gasteiger partial charge on any atom is 0.416 e. The second kappa shape index (κ2) is 8.10. The molecule has 6 nitrogen and oxygen atoms in total. The van der Waals surface area contributed by atoms with Gasteiger partial charge in [-0.05, 0) is 35.4 Å². The van der Waals surface area contributed by atoms with Crippen molar-refractivity contribution in [3.63, 3.8) is 0 Å². The monoisotopic (exact) mass is 403 g/mol. The van der Waals surface area contributed by atoms with Gasteiger partial charge in [-0.25, -0.2) is 4.39 Å². The normalized spacial score (nSPS) is 11.1. The van der Waals surface area contributed by atoms with Crippen LogP contribution in [0.2, 0.25) is 0 Å². The Bertz CT molecular complexity index is 1070. The summed E-state index contributed by atoms with van der Waals surface area (Å²) in [7, 11) is 0. The van der Waals surface area contributed by atoms with Gasteiger partial charge in [-0.3, -0.25) is 4.79 Å². The molecule has 0 saturated heterocycles. The maximum absolute atomic E-state index is 13.6. The van der Waals surface area contributed by atoms with Gasteiger partial charge in [-0.1, -0.05) is 18.2 Å². The Balaban J connectivity index is 1.59. The second-order valence-corrected chi connectivity index (χ2v) is 6.11. The number of nitrogens with zero attached hydrogens (tertiary/aromatic N) is 4. The maximum atomic E-state index is 13.6. The molecule has 0 aliphatic carbocycles. The molecule has 3 aromatic rings. The number of hydrogen-bond acceptors (Lipinski definition) is 4. The molecule has 0 unspecified atom stereocenters. The van der Waals surface area contributed by atoms with Crippen molar-refractivity contribution in [3.05, 3.63) is 76.7 Å². The van der Waals surface area contributed by atoms with Crippen LogP contribution >= 0.6 is 0 Å². The SMILES string of the molecule is N#Cc1ccc(Cn2ncc(NC(=O)Cc3ccc(C(F)(F)F)cc3)n2)cc1F. The average Bonchev–Trinajstić information content (AvgIpc) is 3.08. The van der Waals surface area contributed by atoms with E-state index >= 15 is 0 Å². The standard InChI is InChI=1S/C19H13F4N5O/c20-16-7-13(1-4-14(16)9-24)11-28-25-10-17(27-28)26-18(29)8-12-2-5-15(6-3-12)19(21,22)23/h1-7,10H,8,11H2,(H,26,27,29). The molecule has 1 heterocycles. The predicted molar refractivity (Wildman–Crippen MR) is 94.0 cm³/mol. The van der Waals surface area contributed by atoms with E-state index < -0.39 is 23.5 Å². The van der Waals surface area contributed by atoms with Crippen LogP contribution in [0.25, 0.3) is 0 Å². The van der Waals surface area contributed by atoms with Crippen molar-refractivity contribution >= 4 is 11.7 Å². The van der Waals surface area contributed by atoms with Gasteiger partial charge in [0.25, 0.3) is 0 Å². The number of rotatable bonds is 5. The number of halogens is 4. The first-order valence-corrected chi connectivity index (χ1v) is 8.29. The molecule has 1 aromatic heterocycles. The van der Waals surface area contributed by atoms with E-state index in [1.807, 2.05) is 0 Å². The van der Waals surface area contributed by atoms with E-state index in [1.54, 1.807) is 12.1 Å². The summed E-state index contributed by atoms with van der Waals surface area (Å²) in [4.78, 5) is 13.3. The molecule has 3 rings (SSSR count). The van der Waals surface area contributed by atoms with Gasteiger partial charge in [0.1, 0.15) is 11.9 Å². The number of nitrogens with one attached hydrogen (secondary N) is 1. The van der Waals surface area contributed by atoms with E-state index in [0.29, 0.717) is 11.1 Å². The van der Waals surface area contributed by atoms with E-state index in [-0.39, 0.29) is 24.3 Å². The Morgan fingerprint density at radius 1 is 1.14 bits per heavy atom. The van der Waals surface area contributed by atoms with Crippen LogP contribution in [-0.4, -0.2) is 20.9 Å². The molecule has 2 aromatic carbocycles. The fourth-order valence-electron chi connectivity index (χ4n) is 2.53. The summed E-state index contributed by atoms with van der Waals surface area (Å²) in [6, 6.07) is 10.1. The summed E-state index contributed by atoms with van der Waals surface area (Å²) in [5.74, 6) is -0.973. The van der Waals surface area contributed by atoms with Crippen LogP contribution in [-0.2, 0) is 23.9 Å². The van der Waals surface area contributed by atoms with Crippen LogP contribution in [0.5, 0.6) is 0 Å². The Labute approximate surface area is 162 Å². The smallest absolute Gasteiger partial charge is 0.308 e. The lowest BCUT2D eigenvalue weighted by Crippen LogP contribution is -2.15. The molecule has 0 spiro atoms. The van der Waals surface area contributed by atoms with E-state index in [1.165, 1.54) is 35.3 Å². The largest absolute Gasteiger partial charge is 0.416 e. The molecule has 0 fully saturated rings. The van der Waals surface area contributed by atoms with Crippen molar-refractivity contribution in [2.45, 2.75) is 19.1 Å². The van der Waals surface area contributed by atoms with Crippen molar-refractivity contribution in [3.8, 4) is 6.07 Å². The lowest BCUT2D eigenvalue weighted by Gasteiger charge is -2.07. The third-order valence-electron chi connectivity index (χ3n) is 3.93. The number of carbonyl (C=O) groups excluding carboxylic acids is 1. The first kappa shape index (κ1) is 20.0. The Morgan fingerprint density at radius 3 is 2.45 bits per heavy atom. The molecule has 148 valence electrons. The number of alkyl halides is 3. The highest BCUT2D eigenvalue weighted by Crippen LogP contribution is 2.29. The highest BCUT2D eigenvalue weighted by molar-refractivity contribution is 5.91. The van der Waals surface area contributed by atoms with E-state index in [2.05, 4.69) is 15.5 Å². The van der Waals surface area contributed by atoms with E-state index in [4.69, 9.17) is 5.26 Å². The van der Waals surface area contributed by atoms with Crippen molar-refractivity contribution in [1.82, 2.24) is 15.0 Å². The quantitative estimate of drug-likeness (QED) is 0.661. The molecule has 0 radical (unpaired) electrons. The first-order valence-electron chi connectivity index (χ1n) is 8.29. The zero-order chi connectivity index (χ0) is 21.0.